The van der Waals surface area contributed by atoms with Gasteiger partial charge in [0.1, 0.15) is 5.82 Å². The summed E-state index contributed by atoms with van der Waals surface area (Å²) in [6.07, 6.45) is 4.26. The van der Waals surface area contributed by atoms with Gasteiger partial charge in [0.15, 0.2) is 0 Å². The van der Waals surface area contributed by atoms with E-state index in [1.165, 1.54) is 6.07 Å². The van der Waals surface area contributed by atoms with Gasteiger partial charge in [-0.25, -0.2) is 4.39 Å². The van der Waals surface area contributed by atoms with Crippen molar-refractivity contribution in [3.05, 3.63) is 35.1 Å². The van der Waals surface area contributed by atoms with Crippen molar-refractivity contribution in [1.29, 1.82) is 0 Å². The number of hydrogen-bond acceptors (Lipinski definition) is 3. The Bertz CT molecular complexity index is 479. The lowest BCUT2D eigenvalue weighted by atomic mass is 10.1. The van der Waals surface area contributed by atoms with E-state index in [1.54, 1.807) is 12.1 Å². The second kappa shape index (κ2) is 6.81. The molecule has 3 N–H and O–H groups in total. The number of carbonyl (C=O) groups excluding carboxylic acids is 1. The first-order valence-corrected chi connectivity index (χ1v) is 7.05. The van der Waals surface area contributed by atoms with Crippen molar-refractivity contribution in [2.45, 2.75) is 38.3 Å². The van der Waals surface area contributed by atoms with Gasteiger partial charge >= 0.3 is 0 Å². The highest BCUT2D eigenvalue weighted by Gasteiger charge is 2.21. The molecule has 0 aliphatic carbocycles. The molecule has 1 aromatic rings. The first kappa shape index (κ1) is 14.9. The fraction of sp³-hybridized carbons (Fsp3) is 0.533. The van der Waals surface area contributed by atoms with Crippen molar-refractivity contribution in [1.82, 2.24) is 4.90 Å². The van der Waals surface area contributed by atoms with Crippen LogP contribution in [0, 0.1) is 5.82 Å². The normalized spacial score (nSPS) is 20.6. The third-order valence-electron chi connectivity index (χ3n) is 3.92. The van der Waals surface area contributed by atoms with Crippen molar-refractivity contribution >= 4 is 5.91 Å². The molecule has 0 spiro atoms. The molecule has 1 amide bonds. The molecule has 0 aromatic heterocycles. The Labute approximate surface area is 118 Å². The number of likely N-dealkylation sites (tertiary alicyclic amines) is 1. The molecule has 1 aliphatic heterocycles. The third kappa shape index (κ3) is 3.55. The van der Waals surface area contributed by atoms with Crippen LogP contribution in [0.2, 0.25) is 0 Å². The van der Waals surface area contributed by atoms with E-state index in [4.69, 9.17) is 5.73 Å². The van der Waals surface area contributed by atoms with Crippen molar-refractivity contribution in [3.63, 3.8) is 0 Å². The molecule has 110 valence electrons. The highest BCUT2D eigenvalue weighted by molar-refractivity contribution is 5.92. The van der Waals surface area contributed by atoms with Crippen molar-refractivity contribution in [2.24, 2.45) is 5.73 Å². The summed E-state index contributed by atoms with van der Waals surface area (Å²) >= 11 is 0. The largest absolute Gasteiger partial charge is 0.395 e. The van der Waals surface area contributed by atoms with Crippen LogP contribution in [-0.4, -0.2) is 35.1 Å². The molecule has 5 heteroatoms. The number of primary amides is 1. The van der Waals surface area contributed by atoms with Crippen LogP contribution in [0.15, 0.2) is 18.2 Å². The van der Waals surface area contributed by atoms with Crippen molar-refractivity contribution in [2.75, 3.05) is 13.2 Å². The van der Waals surface area contributed by atoms with Crippen LogP contribution in [0.25, 0.3) is 0 Å². The lowest BCUT2D eigenvalue weighted by molar-refractivity contribution is 0.0999. The van der Waals surface area contributed by atoms with Crippen LogP contribution < -0.4 is 5.73 Å². The van der Waals surface area contributed by atoms with E-state index < -0.39 is 11.7 Å². The summed E-state index contributed by atoms with van der Waals surface area (Å²) in [5, 5.41) is 9.45. The topological polar surface area (TPSA) is 66.6 Å². The average Bonchev–Trinajstić information content (AvgIpc) is 2.65. The molecule has 1 saturated heterocycles. The van der Waals surface area contributed by atoms with Gasteiger partial charge < -0.3 is 10.8 Å². The molecular weight excluding hydrogens is 259 g/mol. The Hall–Kier alpha value is -1.46. The number of hydrogen-bond donors (Lipinski definition) is 2. The fourth-order valence-corrected chi connectivity index (χ4v) is 2.70. The van der Waals surface area contributed by atoms with Crippen LogP contribution in [0.3, 0.4) is 0 Å². The second-order valence-electron chi connectivity index (χ2n) is 5.33. The molecule has 1 aliphatic rings. The van der Waals surface area contributed by atoms with E-state index in [0.29, 0.717) is 12.1 Å². The lowest BCUT2D eigenvalue weighted by Crippen LogP contribution is -2.37. The third-order valence-corrected chi connectivity index (χ3v) is 3.92. The summed E-state index contributed by atoms with van der Waals surface area (Å²) in [5.74, 6) is -1.04. The van der Waals surface area contributed by atoms with Crippen LogP contribution in [0.4, 0.5) is 4.39 Å². The maximum Gasteiger partial charge on any atom is 0.248 e. The minimum atomic E-state index is -0.626. The van der Waals surface area contributed by atoms with Crippen LogP contribution in [-0.2, 0) is 6.54 Å². The second-order valence-corrected chi connectivity index (χ2v) is 5.33. The summed E-state index contributed by atoms with van der Waals surface area (Å²) < 4.78 is 14.0. The van der Waals surface area contributed by atoms with Gasteiger partial charge in [-0.15, -0.1) is 0 Å². The number of nitrogens with zero attached hydrogens (tertiary/aromatic N) is 1. The maximum absolute atomic E-state index is 14.0. The lowest BCUT2D eigenvalue weighted by Gasteiger charge is -2.28. The number of halogens is 1. The van der Waals surface area contributed by atoms with Gasteiger partial charge in [0.05, 0.1) is 6.61 Å². The number of aliphatic hydroxyl groups excluding tert-OH is 1. The summed E-state index contributed by atoms with van der Waals surface area (Å²) in [6, 6.07) is 4.43. The highest BCUT2D eigenvalue weighted by Crippen LogP contribution is 2.20. The smallest absolute Gasteiger partial charge is 0.248 e. The minimum absolute atomic E-state index is 0.0905. The van der Waals surface area contributed by atoms with Gasteiger partial charge in [0, 0.05) is 23.7 Å². The zero-order valence-corrected chi connectivity index (χ0v) is 11.5. The molecule has 1 atom stereocenters. The number of benzene rings is 1. The van der Waals surface area contributed by atoms with Gasteiger partial charge in [-0.2, -0.15) is 0 Å². The first-order valence-electron chi connectivity index (χ1n) is 7.05. The zero-order chi connectivity index (χ0) is 14.5. The first-order chi connectivity index (χ1) is 9.61. The van der Waals surface area contributed by atoms with E-state index in [-0.39, 0.29) is 18.2 Å². The molecule has 1 unspecified atom stereocenters. The summed E-state index contributed by atoms with van der Waals surface area (Å²) in [7, 11) is 0. The summed E-state index contributed by atoms with van der Waals surface area (Å²) in [6.45, 7) is 1.42. The summed E-state index contributed by atoms with van der Waals surface area (Å²) in [5.41, 5.74) is 5.85. The number of rotatable bonds is 4. The Morgan fingerprint density at radius 2 is 2.20 bits per heavy atom. The highest BCUT2D eigenvalue weighted by atomic mass is 19.1. The average molecular weight is 280 g/mol. The maximum atomic E-state index is 14.0. The fourth-order valence-electron chi connectivity index (χ4n) is 2.70. The molecule has 0 bridgehead atoms. The standard InChI is InChI=1S/C15H21FN2O2/c16-14-8-11(15(17)20)5-6-12(14)9-18-7-3-1-2-4-13(18)10-19/h5-6,8,13,19H,1-4,7,9-10H2,(H2,17,20). The molecule has 0 saturated carbocycles. The quantitative estimate of drug-likeness (QED) is 0.881. The Balaban J connectivity index is 2.13. The molecule has 0 radical (unpaired) electrons. The van der Waals surface area contributed by atoms with Crippen molar-refractivity contribution < 1.29 is 14.3 Å². The van der Waals surface area contributed by atoms with Crippen LogP contribution in [0.1, 0.15) is 41.6 Å². The number of amides is 1. The predicted molar refractivity (Wildman–Crippen MR) is 74.7 cm³/mol. The predicted octanol–water partition coefficient (Wildman–Crippen LogP) is 1.66. The Kier molecular flexibility index (Phi) is 5.09. The molecule has 2 rings (SSSR count). The van der Waals surface area contributed by atoms with E-state index in [0.717, 1.165) is 32.2 Å². The molecule has 1 aromatic carbocycles. The molecule has 4 nitrogen and oxygen atoms in total. The van der Waals surface area contributed by atoms with E-state index in [1.807, 2.05) is 0 Å². The minimum Gasteiger partial charge on any atom is -0.395 e. The summed E-state index contributed by atoms with van der Waals surface area (Å²) in [4.78, 5) is 13.1. The molecule has 1 heterocycles. The van der Waals surface area contributed by atoms with Crippen molar-refractivity contribution in [3.8, 4) is 0 Å². The number of aliphatic hydroxyl groups is 1. The Morgan fingerprint density at radius 1 is 1.40 bits per heavy atom. The van der Waals surface area contributed by atoms with Gasteiger partial charge in [0.2, 0.25) is 5.91 Å². The van der Waals surface area contributed by atoms with Gasteiger partial charge in [0.25, 0.3) is 0 Å². The Morgan fingerprint density at radius 3 is 2.85 bits per heavy atom. The molecular formula is C15H21FN2O2. The molecule has 1 fully saturated rings. The monoisotopic (exact) mass is 280 g/mol. The number of nitrogens with two attached hydrogens (primary N) is 1. The molecule has 20 heavy (non-hydrogen) atoms. The van der Waals surface area contributed by atoms with Gasteiger partial charge in [-0.3, -0.25) is 9.69 Å². The van der Waals surface area contributed by atoms with Gasteiger partial charge in [-0.1, -0.05) is 18.9 Å². The van der Waals surface area contributed by atoms with E-state index in [9.17, 15) is 14.3 Å². The van der Waals surface area contributed by atoms with E-state index >= 15 is 0 Å². The van der Waals surface area contributed by atoms with Crippen LogP contribution in [0.5, 0.6) is 0 Å². The SMILES string of the molecule is NC(=O)c1ccc(CN2CCCCCC2CO)c(F)c1. The van der Waals surface area contributed by atoms with E-state index in [2.05, 4.69) is 4.90 Å². The van der Waals surface area contributed by atoms with Crippen LogP contribution >= 0.6 is 0 Å². The number of carbonyl (C=O) groups is 1. The van der Waals surface area contributed by atoms with Gasteiger partial charge in [-0.05, 0) is 31.5 Å². The zero-order valence-electron chi connectivity index (χ0n) is 11.5.